The molecule has 1 fully saturated rings. The van der Waals surface area contributed by atoms with E-state index in [0.717, 1.165) is 25.9 Å². The molecule has 1 heterocycles. The van der Waals surface area contributed by atoms with Crippen molar-refractivity contribution < 1.29 is 9.59 Å². The Morgan fingerprint density at radius 1 is 1.19 bits per heavy atom. The van der Waals surface area contributed by atoms with Crippen molar-refractivity contribution in [3.8, 4) is 0 Å². The van der Waals surface area contributed by atoms with Crippen LogP contribution < -0.4 is 5.32 Å². The van der Waals surface area contributed by atoms with Crippen LogP contribution in [0, 0.1) is 0 Å². The molecule has 1 atom stereocenters. The first kappa shape index (κ1) is 18.6. The van der Waals surface area contributed by atoms with Crippen LogP contribution in [-0.4, -0.2) is 35.2 Å². The van der Waals surface area contributed by atoms with Gasteiger partial charge in [-0.2, -0.15) is 0 Å². The van der Waals surface area contributed by atoms with Crippen molar-refractivity contribution in [2.45, 2.75) is 32.2 Å². The molecule has 1 aliphatic rings. The monoisotopic (exact) mass is 370 g/mol. The zero-order valence-corrected chi connectivity index (χ0v) is 15.8. The maximum Gasteiger partial charge on any atom is 0.244 e. The molecule has 3 rings (SSSR count). The van der Waals surface area contributed by atoms with Crippen LogP contribution in [0.1, 0.15) is 42.6 Å². The molecule has 0 saturated carbocycles. The molecule has 1 aliphatic heterocycles. The first-order valence-electron chi connectivity index (χ1n) is 8.91. The number of nitrogens with zero attached hydrogens (tertiary/aromatic N) is 1. The van der Waals surface area contributed by atoms with Crippen molar-refractivity contribution in [2.75, 3.05) is 18.4 Å². The van der Waals surface area contributed by atoms with Gasteiger partial charge in [-0.15, -0.1) is 0 Å². The Hall–Kier alpha value is -2.17. The third-order valence-corrected chi connectivity index (χ3v) is 5.41. The normalized spacial score (nSPS) is 20.1. The molecule has 1 amide bonds. The summed E-state index contributed by atoms with van der Waals surface area (Å²) in [5.41, 5.74) is 0.910. The predicted molar refractivity (Wildman–Crippen MR) is 105 cm³/mol. The molecular formula is C21H23ClN2O2. The van der Waals surface area contributed by atoms with E-state index in [1.165, 1.54) is 0 Å². The Kier molecular flexibility index (Phi) is 5.44. The second-order valence-electron chi connectivity index (χ2n) is 6.80. The zero-order valence-electron chi connectivity index (χ0n) is 15.1. The average molecular weight is 371 g/mol. The molecule has 1 saturated heterocycles. The highest BCUT2D eigenvalue weighted by Gasteiger charge is 2.42. The number of hydrogen-bond acceptors (Lipinski definition) is 3. The van der Waals surface area contributed by atoms with Crippen LogP contribution in [0.4, 0.5) is 5.69 Å². The summed E-state index contributed by atoms with van der Waals surface area (Å²) in [5.74, 6) is -0.242. The number of anilines is 1. The molecule has 0 bridgehead atoms. The van der Waals surface area contributed by atoms with E-state index in [1.807, 2.05) is 25.1 Å². The van der Waals surface area contributed by atoms with E-state index in [2.05, 4.69) is 17.1 Å². The third-order valence-electron chi connectivity index (χ3n) is 5.17. The van der Waals surface area contributed by atoms with Gasteiger partial charge < -0.3 is 5.32 Å². The van der Waals surface area contributed by atoms with Crippen molar-refractivity contribution in [1.82, 2.24) is 4.90 Å². The first-order valence-corrected chi connectivity index (χ1v) is 9.29. The van der Waals surface area contributed by atoms with E-state index in [1.54, 1.807) is 30.3 Å². The minimum absolute atomic E-state index is 0.0821. The van der Waals surface area contributed by atoms with E-state index < -0.39 is 5.54 Å². The number of likely N-dealkylation sites (N-methyl/N-ethyl adjacent to an activating group) is 1. The molecular weight excluding hydrogens is 348 g/mol. The second-order valence-corrected chi connectivity index (χ2v) is 7.23. The van der Waals surface area contributed by atoms with Crippen LogP contribution in [0.3, 0.4) is 0 Å². The summed E-state index contributed by atoms with van der Waals surface area (Å²) < 4.78 is 0. The molecule has 0 radical (unpaired) electrons. The Labute approximate surface area is 159 Å². The van der Waals surface area contributed by atoms with Crippen LogP contribution >= 0.6 is 11.6 Å². The number of rotatable bonds is 5. The van der Waals surface area contributed by atoms with Crippen LogP contribution in [0.15, 0.2) is 48.5 Å². The molecule has 0 aromatic heterocycles. The van der Waals surface area contributed by atoms with E-state index in [9.17, 15) is 9.59 Å². The van der Waals surface area contributed by atoms with Gasteiger partial charge in [-0.1, -0.05) is 48.9 Å². The van der Waals surface area contributed by atoms with Crippen molar-refractivity contribution in [2.24, 2.45) is 0 Å². The zero-order chi connectivity index (χ0) is 18.7. The van der Waals surface area contributed by atoms with Crippen molar-refractivity contribution >= 4 is 29.0 Å². The van der Waals surface area contributed by atoms with Crippen molar-refractivity contribution in [3.63, 3.8) is 0 Å². The number of benzene rings is 2. The first-order chi connectivity index (χ1) is 12.5. The standard InChI is InChI=1S/C21H23ClN2O2/c1-3-24-13-7-12-21(24,2)20(26)23-18-11-10-16(22)14-17(18)19(25)15-8-5-4-6-9-15/h4-6,8-11,14H,3,7,12-13H2,1-2H3,(H,23,26). The van der Waals surface area contributed by atoms with Crippen molar-refractivity contribution in [1.29, 1.82) is 0 Å². The number of halogens is 1. The van der Waals surface area contributed by atoms with Crippen LogP contribution in [0.25, 0.3) is 0 Å². The highest BCUT2D eigenvalue weighted by Crippen LogP contribution is 2.31. The fourth-order valence-electron chi connectivity index (χ4n) is 3.60. The summed E-state index contributed by atoms with van der Waals surface area (Å²) >= 11 is 6.11. The quantitative estimate of drug-likeness (QED) is 0.794. The fraction of sp³-hybridized carbons (Fsp3) is 0.333. The summed E-state index contributed by atoms with van der Waals surface area (Å²) in [6.07, 6.45) is 1.80. The minimum Gasteiger partial charge on any atom is -0.324 e. The number of carbonyl (C=O) groups is 2. The molecule has 1 N–H and O–H groups in total. The summed E-state index contributed by atoms with van der Waals surface area (Å²) in [6.45, 7) is 5.76. The smallest absolute Gasteiger partial charge is 0.244 e. The Morgan fingerprint density at radius 3 is 2.62 bits per heavy atom. The molecule has 1 unspecified atom stereocenters. The molecule has 0 spiro atoms. The topological polar surface area (TPSA) is 49.4 Å². The van der Waals surface area contributed by atoms with Crippen molar-refractivity contribution in [3.05, 3.63) is 64.7 Å². The van der Waals surface area contributed by atoms with Gasteiger partial charge in [-0.3, -0.25) is 14.5 Å². The van der Waals surface area contributed by atoms with Gasteiger partial charge in [0.1, 0.15) is 0 Å². The molecule has 2 aromatic carbocycles. The number of likely N-dealkylation sites (tertiary alicyclic amines) is 1. The van der Waals surface area contributed by atoms with E-state index in [0.29, 0.717) is 21.8 Å². The lowest BCUT2D eigenvalue weighted by Crippen LogP contribution is -2.50. The summed E-state index contributed by atoms with van der Waals surface area (Å²) in [6, 6.07) is 14.0. The summed E-state index contributed by atoms with van der Waals surface area (Å²) in [7, 11) is 0. The number of carbonyl (C=O) groups excluding carboxylic acids is 2. The van der Waals surface area contributed by atoms with Gasteiger partial charge in [-0.25, -0.2) is 0 Å². The second kappa shape index (κ2) is 7.60. The maximum atomic E-state index is 13.0. The average Bonchev–Trinajstić information content (AvgIpc) is 3.05. The lowest BCUT2D eigenvalue weighted by Gasteiger charge is -2.33. The molecule has 0 aliphatic carbocycles. The minimum atomic E-state index is -0.554. The number of nitrogens with one attached hydrogen (secondary N) is 1. The van der Waals surface area contributed by atoms with Crippen LogP contribution in [-0.2, 0) is 4.79 Å². The van der Waals surface area contributed by atoms with Gasteiger partial charge >= 0.3 is 0 Å². The summed E-state index contributed by atoms with van der Waals surface area (Å²) in [5, 5.41) is 3.44. The van der Waals surface area contributed by atoms with E-state index in [-0.39, 0.29) is 11.7 Å². The number of hydrogen-bond donors (Lipinski definition) is 1. The largest absolute Gasteiger partial charge is 0.324 e. The molecule has 26 heavy (non-hydrogen) atoms. The summed E-state index contributed by atoms with van der Waals surface area (Å²) in [4.78, 5) is 28.1. The molecule has 5 heteroatoms. The molecule has 4 nitrogen and oxygen atoms in total. The SMILES string of the molecule is CCN1CCCC1(C)C(=O)Nc1ccc(Cl)cc1C(=O)c1ccccc1. The lowest BCUT2D eigenvalue weighted by atomic mass is 9.96. The van der Waals surface area contributed by atoms with Gasteiger partial charge in [-0.05, 0) is 51.1 Å². The van der Waals surface area contributed by atoms with Crippen LogP contribution in [0.5, 0.6) is 0 Å². The fourth-order valence-corrected chi connectivity index (χ4v) is 3.77. The maximum absolute atomic E-state index is 13.0. The highest BCUT2D eigenvalue weighted by molar-refractivity contribution is 6.31. The number of ketones is 1. The highest BCUT2D eigenvalue weighted by atomic mass is 35.5. The predicted octanol–water partition coefficient (Wildman–Crippen LogP) is 4.38. The lowest BCUT2D eigenvalue weighted by molar-refractivity contribution is -0.125. The molecule has 2 aromatic rings. The third kappa shape index (κ3) is 3.53. The van der Waals surface area contributed by atoms with Gasteiger partial charge in [0.05, 0.1) is 11.2 Å². The van der Waals surface area contributed by atoms with Gasteiger partial charge in [0.2, 0.25) is 5.91 Å². The van der Waals surface area contributed by atoms with E-state index in [4.69, 9.17) is 11.6 Å². The van der Waals surface area contributed by atoms with E-state index >= 15 is 0 Å². The molecule has 136 valence electrons. The Bertz CT molecular complexity index is 822. The van der Waals surface area contributed by atoms with Gasteiger partial charge in [0.15, 0.2) is 5.78 Å². The van der Waals surface area contributed by atoms with Crippen LogP contribution in [0.2, 0.25) is 5.02 Å². The Morgan fingerprint density at radius 2 is 1.92 bits per heavy atom. The van der Waals surface area contributed by atoms with Gasteiger partial charge in [0.25, 0.3) is 0 Å². The van der Waals surface area contributed by atoms with Gasteiger partial charge in [0, 0.05) is 16.1 Å². The Balaban J connectivity index is 1.91. The number of amides is 1.